The normalized spacial score (nSPS) is 13.0. The number of carbonyl (C=O) groups excluding carboxylic acids is 2. The van der Waals surface area contributed by atoms with E-state index in [4.69, 9.17) is 10.5 Å². The lowest BCUT2D eigenvalue weighted by molar-refractivity contribution is -0.132. The fourth-order valence-electron chi connectivity index (χ4n) is 2.48. The van der Waals surface area contributed by atoms with Gasteiger partial charge in [0, 0.05) is 6.54 Å². The summed E-state index contributed by atoms with van der Waals surface area (Å²) in [5.74, 6) is -0.358. The maximum atomic E-state index is 12.6. The van der Waals surface area contributed by atoms with E-state index in [0.717, 1.165) is 19.3 Å². The van der Waals surface area contributed by atoms with Gasteiger partial charge in [-0.2, -0.15) is 0 Å². The molecule has 0 aliphatic heterocycles. The van der Waals surface area contributed by atoms with Crippen molar-refractivity contribution in [1.29, 1.82) is 0 Å². The van der Waals surface area contributed by atoms with Crippen LogP contribution in [-0.2, 0) is 9.53 Å². The zero-order valence-electron chi connectivity index (χ0n) is 17.3. The molecule has 1 atom stereocenters. The lowest BCUT2D eigenvalue weighted by Crippen LogP contribution is -2.50. The molecule has 148 valence electrons. The molecule has 0 fully saturated rings. The Hall–Kier alpha value is -1.10. The van der Waals surface area contributed by atoms with Crippen LogP contribution in [0.1, 0.15) is 92.9 Å². The maximum absolute atomic E-state index is 12.6. The van der Waals surface area contributed by atoms with E-state index in [9.17, 15) is 9.59 Å². The van der Waals surface area contributed by atoms with E-state index in [-0.39, 0.29) is 11.8 Å². The van der Waals surface area contributed by atoms with Crippen LogP contribution in [0.15, 0.2) is 0 Å². The van der Waals surface area contributed by atoms with E-state index in [1.807, 2.05) is 13.8 Å². The highest BCUT2D eigenvalue weighted by atomic mass is 16.6. The number of unbranched alkanes of at least 4 members (excludes halogenated alkanes) is 7. The number of hydrogen-bond acceptors (Lipinski definition) is 4. The third kappa shape index (κ3) is 11.2. The molecule has 0 aromatic carbocycles. The van der Waals surface area contributed by atoms with Crippen LogP contribution in [0.25, 0.3) is 0 Å². The number of nitrogens with zero attached hydrogens (tertiary/aromatic N) is 1. The first-order chi connectivity index (χ1) is 11.6. The number of hydrogen-bond donors (Lipinski definition) is 1. The summed E-state index contributed by atoms with van der Waals surface area (Å²) in [4.78, 5) is 26.1. The Morgan fingerprint density at radius 2 is 1.44 bits per heavy atom. The molecule has 0 aromatic heterocycles. The van der Waals surface area contributed by atoms with Crippen LogP contribution in [-0.4, -0.2) is 35.1 Å². The summed E-state index contributed by atoms with van der Waals surface area (Å²) < 4.78 is 5.38. The summed E-state index contributed by atoms with van der Waals surface area (Å²) in [6.07, 6.45) is 8.68. The Morgan fingerprint density at radius 3 is 1.88 bits per heavy atom. The summed E-state index contributed by atoms with van der Waals surface area (Å²) in [6.45, 7) is 11.7. The molecule has 0 spiro atoms. The fraction of sp³-hybridized carbons (Fsp3) is 0.900. The highest BCUT2D eigenvalue weighted by Crippen LogP contribution is 2.14. The minimum absolute atomic E-state index is 0.0176. The van der Waals surface area contributed by atoms with Crippen LogP contribution in [0.5, 0.6) is 0 Å². The largest absolute Gasteiger partial charge is 0.443 e. The van der Waals surface area contributed by atoms with Crippen molar-refractivity contribution in [1.82, 2.24) is 4.90 Å². The Labute approximate surface area is 154 Å². The molecule has 5 heteroatoms. The van der Waals surface area contributed by atoms with Gasteiger partial charge in [0.2, 0.25) is 5.91 Å². The summed E-state index contributed by atoms with van der Waals surface area (Å²) in [7, 11) is 0. The number of amides is 2. The molecule has 5 nitrogen and oxygen atoms in total. The molecule has 0 rings (SSSR count). The van der Waals surface area contributed by atoms with Crippen molar-refractivity contribution >= 4 is 12.0 Å². The van der Waals surface area contributed by atoms with Gasteiger partial charge in [0.15, 0.2) is 0 Å². The molecule has 0 radical (unpaired) electrons. The third-order valence-electron chi connectivity index (χ3n) is 4.12. The molecule has 0 saturated heterocycles. The van der Waals surface area contributed by atoms with E-state index >= 15 is 0 Å². The van der Waals surface area contributed by atoms with Crippen LogP contribution < -0.4 is 5.73 Å². The van der Waals surface area contributed by atoms with Gasteiger partial charge in [0.25, 0.3) is 0 Å². The molecule has 0 aliphatic rings. The van der Waals surface area contributed by atoms with Crippen molar-refractivity contribution in [3.8, 4) is 0 Å². The topological polar surface area (TPSA) is 72.6 Å². The Balaban J connectivity index is 4.50. The molecule has 2 amide bonds. The van der Waals surface area contributed by atoms with Crippen molar-refractivity contribution in [2.75, 3.05) is 6.54 Å². The highest BCUT2D eigenvalue weighted by molar-refractivity contribution is 5.95. The molecule has 0 bridgehead atoms. The van der Waals surface area contributed by atoms with Gasteiger partial charge in [-0.05, 0) is 33.1 Å². The molecular weight excluding hydrogens is 316 g/mol. The third-order valence-corrected chi connectivity index (χ3v) is 4.12. The van der Waals surface area contributed by atoms with Gasteiger partial charge < -0.3 is 10.5 Å². The number of ether oxygens (including phenoxy) is 1. The number of nitrogens with two attached hydrogens (primary N) is 1. The van der Waals surface area contributed by atoms with Gasteiger partial charge in [0.1, 0.15) is 5.60 Å². The average Bonchev–Trinajstić information content (AvgIpc) is 2.50. The summed E-state index contributed by atoms with van der Waals surface area (Å²) in [6, 6.07) is -0.679. The predicted octanol–water partition coefficient (Wildman–Crippen LogP) is 4.87. The van der Waals surface area contributed by atoms with Crippen molar-refractivity contribution in [3.63, 3.8) is 0 Å². The predicted molar refractivity (Wildman–Crippen MR) is 103 cm³/mol. The first-order valence-electron chi connectivity index (χ1n) is 9.90. The van der Waals surface area contributed by atoms with Crippen molar-refractivity contribution in [2.45, 2.75) is 105 Å². The van der Waals surface area contributed by atoms with E-state index in [0.29, 0.717) is 6.54 Å². The number of rotatable bonds is 11. The standard InChI is InChI=1S/C20H40N2O3/c1-7-8-9-10-11-12-13-14-15-22(18(23)17(21)16(2)3)19(24)25-20(4,5)6/h16-17H,7-15,21H2,1-6H3. The average molecular weight is 357 g/mol. The Morgan fingerprint density at radius 1 is 0.960 bits per heavy atom. The second-order valence-corrected chi connectivity index (χ2v) is 8.21. The zero-order valence-corrected chi connectivity index (χ0v) is 17.3. The van der Waals surface area contributed by atoms with E-state index in [1.165, 1.54) is 37.0 Å². The quantitative estimate of drug-likeness (QED) is 0.536. The Bertz CT molecular complexity index is 389. The number of imide groups is 1. The number of carbonyl (C=O) groups is 2. The maximum Gasteiger partial charge on any atom is 0.417 e. The van der Waals surface area contributed by atoms with Crippen LogP contribution in [0.4, 0.5) is 4.79 Å². The molecule has 0 aromatic rings. The SMILES string of the molecule is CCCCCCCCCCN(C(=O)OC(C)(C)C)C(=O)C(N)C(C)C. The minimum Gasteiger partial charge on any atom is -0.443 e. The van der Waals surface area contributed by atoms with Crippen LogP contribution in [0, 0.1) is 5.92 Å². The lowest BCUT2D eigenvalue weighted by atomic mass is 10.0. The summed E-state index contributed by atoms with van der Waals surface area (Å²) in [5.41, 5.74) is 5.33. The van der Waals surface area contributed by atoms with Crippen LogP contribution >= 0.6 is 0 Å². The zero-order chi connectivity index (χ0) is 19.5. The van der Waals surface area contributed by atoms with Crippen molar-refractivity contribution < 1.29 is 14.3 Å². The summed E-state index contributed by atoms with van der Waals surface area (Å²) >= 11 is 0. The van der Waals surface area contributed by atoms with Gasteiger partial charge in [-0.25, -0.2) is 9.69 Å². The van der Waals surface area contributed by atoms with Gasteiger partial charge in [0.05, 0.1) is 6.04 Å². The minimum atomic E-state index is -0.679. The highest BCUT2D eigenvalue weighted by Gasteiger charge is 2.31. The van der Waals surface area contributed by atoms with Gasteiger partial charge in [-0.3, -0.25) is 4.79 Å². The first kappa shape index (κ1) is 23.9. The monoisotopic (exact) mass is 356 g/mol. The van der Waals surface area contributed by atoms with E-state index < -0.39 is 17.7 Å². The molecule has 2 N–H and O–H groups in total. The smallest absolute Gasteiger partial charge is 0.417 e. The molecule has 25 heavy (non-hydrogen) atoms. The van der Waals surface area contributed by atoms with Gasteiger partial charge in [-0.1, -0.05) is 65.7 Å². The van der Waals surface area contributed by atoms with Crippen molar-refractivity contribution in [2.24, 2.45) is 11.7 Å². The molecular formula is C20H40N2O3. The second kappa shape index (κ2) is 12.3. The van der Waals surface area contributed by atoms with Gasteiger partial charge in [-0.15, -0.1) is 0 Å². The van der Waals surface area contributed by atoms with E-state index in [2.05, 4.69) is 6.92 Å². The first-order valence-corrected chi connectivity index (χ1v) is 9.90. The van der Waals surface area contributed by atoms with Gasteiger partial charge >= 0.3 is 6.09 Å². The molecule has 0 aliphatic carbocycles. The molecule has 0 heterocycles. The molecule has 0 saturated carbocycles. The van der Waals surface area contributed by atoms with Crippen LogP contribution in [0.3, 0.4) is 0 Å². The van der Waals surface area contributed by atoms with E-state index in [1.54, 1.807) is 20.8 Å². The summed E-state index contributed by atoms with van der Waals surface area (Å²) in [5, 5.41) is 0. The molecule has 1 unspecified atom stereocenters. The second-order valence-electron chi connectivity index (χ2n) is 8.21. The van der Waals surface area contributed by atoms with Crippen LogP contribution in [0.2, 0.25) is 0 Å². The van der Waals surface area contributed by atoms with Crippen molar-refractivity contribution in [3.05, 3.63) is 0 Å². The lowest BCUT2D eigenvalue weighted by Gasteiger charge is -2.28. The fourth-order valence-corrected chi connectivity index (χ4v) is 2.48. The Kier molecular flexibility index (Phi) is 11.7.